The maximum Gasteiger partial charge on any atom is 0.226 e. The molecule has 0 aliphatic heterocycles. The predicted octanol–water partition coefficient (Wildman–Crippen LogP) is 3.21. The summed E-state index contributed by atoms with van der Waals surface area (Å²) in [4.78, 5) is 8.69. The second-order valence-corrected chi connectivity index (χ2v) is 7.31. The standard InChI is InChI=1S/C22H35N5O3/c1-6-28-12-13-29-19-14-17(4)9-10-18(19)15-25-22(23-5)24-11-7-8-20-26-21(16(2)3)27-30-20/h9-10,14,16H,6-8,11-13,15H2,1-5H3,(H2,23,24,25). The van der Waals surface area contributed by atoms with Crippen LogP contribution in [0.2, 0.25) is 0 Å². The fraction of sp³-hybridized carbons (Fsp3) is 0.591. The Balaban J connectivity index is 1.77. The number of hydrogen-bond acceptors (Lipinski definition) is 6. The molecule has 0 spiro atoms. The Morgan fingerprint density at radius 2 is 2.07 bits per heavy atom. The average molecular weight is 418 g/mol. The first kappa shape index (κ1) is 23.7. The number of ether oxygens (including phenoxy) is 2. The molecule has 2 rings (SSSR count). The molecular formula is C22H35N5O3. The summed E-state index contributed by atoms with van der Waals surface area (Å²) >= 11 is 0. The Kier molecular flexibility index (Phi) is 10.1. The van der Waals surface area contributed by atoms with Gasteiger partial charge in [0.2, 0.25) is 5.89 Å². The lowest BCUT2D eigenvalue weighted by atomic mass is 10.1. The van der Waals surface area contributed by atoms with Crippen molar-refractivity contribution in [2.24, 2.45) is 4.99 Å². The molecule has 0 atom stereocenters. The number of aromatic nitrogens is 2. The number of hydrogen-bond donors (Lipinski definition) is 2. The smallest absolute Gasteiger partial charge is 0.226 e. The zero-order valence-corrected chi connectivity index (χ0v) is 18.8. The summed E-state index contributed by atoms with van der Waals surface area (Å²) in [6.07, 6.45) is 1.61. The highest BCUT2D eigenvalue weighted by molar-refractivity contribution is 5.79. The van der Waals surface area contributed by atoms with E-state index in [0.717, 1.165) is 48.0 Å². The molecule has 8 heteroatoms. The summed E-state index contributed by atoms with van der Waals surface area (Å²) in [6.45, 7) is 11.3. The van der Waals surface area contributed by atoms with E-state index in [9.17, 15) is 0 Å². The highest BCUT2D eigenvalue weighted by atomic mass is 16.5. The molecule has 0 amide bonds. The third-order valence-corrected chi connectivity index (χ3v) is 4.44. The fourth-order valence-corrected chi connectivity index (χ4v) is 2.75. The lowest BCUT2D eigenvalue weighted by Gasteiger charge is -2.15. The molecule has 30 heavy (non-hydrogen) atoms. The van der Waals surface area contributed by atoms with Crippen LogP contribution in [0.5, 0.6) is 5.75 Å². The number of benzene rings is 1. The van der Waals surface area contributed by atoms with Crippen LogP contribution in [0, 0.1) is 6.92 Å². The molecule has 1 aromatic heterocycles. The molecule has 166 valence electrons. The number of guanidine groups is 1. The first-order valence-corrected chi connectivity index (χ1v) is 10.6. The normalized spacial score (nSPS) is 11.7. The van der Waals surface area contributed by atoms with E-state index in [2.05, 4.69) is 64.7 Å². The summed E-state index contributed by atoms with van der Waals surface area (Å²) in [5, 5.41) is 10.7. The van der Waals surface area contributed by atoms with Gasteiger partial charge in [-0.15, -0.1) is 0 Å². The van der Waals surface area contributed by atoms with Gasteiger partial charge in [-0.3, -0.25) is 4.99 Å². The van der Waals surface area contributed by atoms with Crippen molar-refractivity contribution in [3.8, 4) is 5.75 Å². The van der Waals surface area contributed by atoms with E-state index in [4.69, 9.17) is 14.0 Å². The molecule has 0 saturated heterocycles. The minimum Gasteiger partial charge on any atom is -0.491 e. The van der Waals surface area contributed by atoms with Crippen LogP contribution < -0.4 is 15.4 Å². The second-order valence-electron chi connectivity index (χ2n) is 7.31. The minimum atomic E-state index is 0.276. The summed E-state index contributed by atoms with van der Waals surface area (Å²) in [7, 11) is 1.76. The SMILES string of the molecule is CCOCCOc1cc(C)ccc1CNC(=NC)NCCCc1nc(C(C)C)no1. The molecule has 0 saturated carbocycles. The molecule has 0 aliphatic rings. The molecule has 0 fully saturated rings. The number of nitrogens with one attached hydrogen (secondary N) is 2. The quantitative estimate of drug-likeness (QED) is 0.311. The van der Waals surface area contributed by atoms with Crippen LogP contribution in [-0.4, -0.2) is 49.5 Å². The molecule has 2 aromatic rings. The maximum atomic E-state index is 5.90. The molecular weight excluding hydrogens is 382 g/mol. The van der Waals surface area contributed by atoms with Crippen LogP contribution in [0.1, 0.15) is 56.0 Å². The van der Waals surface area contributed by atoms with E-state index < -0.39 is 0 Å². The van der Waals surface area contributed by atoms with Gasteiger partial charge in [0.25, 0.3) is 0 Å². The van der Waals surface area contributed by atoms with Crippen molar-refractivity contribution in [2.75, 3.05) is 33.4 Å². The molecule has 8 nitrogen and oxygen atoms in total. The Morgan fingerprint density at radius 3 is 2.77 bits per heavy atom. The van der Waals surface area contributed by atoms with Crippen LogP contribution >= 0.6 is 0 Å². The van der Waals surface area contributed by atoms with E-state index in [1.54, 1.807) is 7.05 Å². The largest absolute Gasteiger partial charge is 0.491 e. The van der Waals surface area contributed by atoms with Crippen LogP contribution in [-0.2, 0) is 17.7 Å². The molecule has 0 radical (unpaired) electrons. The molecule has 1 aromatic carbocycles. The monoisotopic (exact) mass is 417 g/mol. The van der Waals surface area contributed by atoms with Gasteiger partial charge in [-0.25, -0.2) is 0 Å². The topological polar surface area (TPSA) is 93.8 Å². The van der Waals surface area contributed by atoms with Crippen molar-refractivity contribution in [3.63, 3.8) is 0 Å². The van der Waals surface area contributed by atoms with Gasteiger partial charge in [0, 0.05) is 44.6 Å². The Bertz CT molecular complexity index is 789. The van der Waals surface area contributed by atoms with Gasteiger partial charge in [0.15, 0.2) is 11.8 Å². The van der Waals surface area contributed by atoms with Crippen molar-refractivity contribution in [1.82, 2.24) is 20.8 Å². The van der Waals surface area contributed by atoms with Gasteiger partial charge in [0.05, 0.1) is 6.61 Å². The Morgan fingerprint density at radius 1 is 1.23 bits per heavy atom. The third-order valence-electron chi connectivity index (χ3n) is 4.44. The van der Waals surface area contributed by atoms with Gasteiger partial charge >= 0.3 is 0 Å². The molecule has 0 bridgehead atoms. The summed E-state index contributed by atoms with van der Waals surface area (Å²) in [5.41, 5.74) is 2.24. The molecule has 1 heterocycles. The maximum absolute atomic E-state index is 5.90. The van der Waals surface area contributed by atoms with Crippen LogP contribution in [0.3, 0.4) is 0 Å². The number of rotatable bonds is 12. The Hall–Kier alpha value is -2.61. The van der Waals surface area contributed by atoms with Crippen molar-refractivity contribution in [3.05, 3.63) is 41.0 Å². The third kappa shape index (κ3) is 8.02. The number of aliphatic imine (C=N–C) groups is 1. The molecule has 2 N–H and O–H groups in total. The minimum absolute atomic E-state index is 0.276. The summed E-state index contributed by atoms with van der Waals surface area (Å²) in [6, 6.07) is 6.21. The zero-order chi connectivity index (χ0) is 21.8. The van der Waals surface area contributed by atoms with Gasteiger partial charge in [-0.05, 0) is 31.9 Å². The van der Waals surface area contributed by atoms with Crippen molar-refractivity contribution in [1.29, 1.82) is 0 Å². The van der Waals surface area contributed by atoms with Crippen LogP contribution in [0.25, 0.3) is 0 Å². The first-order valence-electron chi connectivity index (χ1n) is 10.6. The summed E-state index contributed by atoms with van der Waals surface area (Å²) in [5.74, 6) is 3.32. The molecule has 0 aliphatic carbocycles. The van der Waals surface area contributed by atoms with E-state index in [1.807, 2.05) is 6.92 Å². The van der Waals surface area contributed by atoms with Gasteiger partial charge in [-0.1, -0.05) is 31.1 Å². The van der Waals surface area contributed by atoms with Crippen LogP contribution in [0.15, 0.2) is 27.7 Å². The van der Waals surface area contributed by atoms with Gasteiger partial charge < -0.3 is 24.6 Å². The van der Waals surface area contributed by atoms with Crippen molar-refractivity contribution < 1.29 is 14.0 Å². The highest BCUT2D eigenvalue weighted by Crippen LogP contribution is 2.20. The second kappa shape index (κ2) is 12.8. The molecule has 0 unspecified atom stereocenters. The zero-order valence-electron chi connectivity index (χ0n) is 18.8. The lowest BCUT2D eigenvalue weighted by molar-refractivity contribution is 0.110. The van der Waals surface area contributed by atoms with Crippen LogP contribution in [0.4, 0.5) is 0 Å². The predicted molar refractivity (Wildman–Crippen MR) is 118 cm³/mol. The lowest BCUT2D eigenvalue weighted by Crippen LogP contribution is -2.37. The Labute approximate surface area is 179 Å². The van der Waals surface area contributed by atoms with E-state index >= 15 is 0 Å². The first-order chi connectivity index (χ1) is 14.5. The average Bonchev–Trinajstić information content (AvgIpc) is 3.21. The van der Waals surface area contributed by atoms with E-state index in [-0.39, 0.29) is 5.92 Å². The van der Waals surface area contributed by atoms with Crippen molar-refractivity contribution in [2.45, 2.75) is 53.0 Å². The van der Waals surface area contributed by atoms with Gasteiger partial charge in [0.1, 0.15) is 12.4 Å². The van der Waals surface area contributed by atoms with Crippen molar-refractivity contribution >= 4 is 5.96 Å². The highest BCUT2D eigenvalue weighted by Gasteiger charge is 2.10. The van der Waals surface area contributed by atoms with E-state index in [1.165, 1.54) is 0 Å². The number of nitrogens with zero attached hydrogens (tertiary/aromatic N) is 3. The fourth-order valence-electron chi connectivity index (χ4n) is 2.75. The number of aryl methyl sites for hydroxylation is 2. The van der Waals surface area contributed by atoms with Gasteiger partial charge in [-0.2, -0.15) is 4.98 Å². The summed E-state index contributed by atoms with van der Waals surface area (Å²) < 4.78 is 16.5. The van der Waals surface area contributed by atoms with E-state index in [0.29, 0.717) is 32.3 Å².